The fraction of sp³-hybridized carbons (Fsp3) is 0.333. The zero-order valence-corrected chi connectivity index (χ0v) is 15.5. The monoisotopic (exact) mass is 369 g/mol. The van der Waals surface area contributed by atoms with E-state index in [2.05, 4.69) is 6.07 Å². The molecule has 0 amide bonds. The molecule has 0 saturated carbocycles. The van der Waals surface area contributed by atoms with Gasteiger partial charge in [0.15, 0.2) is 0 Å². The van der Waals surface area contributed by atoms with Crippen molar-refractivity contribution < 1.29 is 14.3 Å². The van der Waals surface area contributed by atoms with Gasteiger partial charge in [0.25, 0.3) is 0 Å². The number of fused-ring (bicyclic) bond motifs is 1. The molecule has 0 radical (unpaired) electrons. The summed E-state index contributed by atoms with van der Waals surface area (Å²) < 4.78 is 10.6. The molecule has 0 N–H and O–H groups in total. The van der Waals surface area contributed by atoms with Gasteiger partial charge in [-0.15, -0.1) is 0 Å². The Morgan fingerprint density at radius 1 is 1.31 bits per heavy atom. The van der Waals surface area contributed by atoms with Crippen molar-refractivity contribution in [1.29, 1.82) is 5.26 Å². The number of ether oxygens (including phenoxy) is 2. The van der Waals surface area contributed by atoms with Gasteiger partial charge in [-0.25, -0.2) is 0 Å². The average Bonchev–Trinajstić information content (AvgIpc) is 3.02. The molecule has 1 aliphatic carbocycles. The maximum absolute atomic E-state index is 11.3. The number of carbonyl (C=O) groups is 1. The molecule has 0 saturated heterocycles. The zero-order chi connectivity index (χ0) is 18.7. The molecule has 0 fully saturated rings. The van der Waals surface area contributed by atoms with Crippen LogP contribution in [0.1, 0.15) is 30.0 Å². The lowest BCUT2D eigenvalue weighted by molar-refractivity contribution is -0.142. The van der Waals surface area contributed by atoms with Gasteiger partial charge < -0.3 is 9.47 Å². The van der Waals surface area contributed by atoms with E-state index in [9.17, 15) is 10.1 Å². The van der Waals surface area contributed by atoms with Crippen LogP contribution in [-0.2, 0) is 21.4 Å². The van der Waals surface area contributed by atoms with Crippen LogP contribution in [0.2, 0.25) is 5.02 Å². The van der Waals surface area contributed by atoms with Gasteiger partial charge in [-0.05, 0) is 53.8 Å². The molecular formula is C21H20ClNO3. The highest BCUT2D eigenvalue weighted by Crippen LogP contribution is 2.50. The van der Waals surface area contributed by atoms with Gasteiger partial charge in [-0.1, -0.05) is 29.8 Å². The minimum absolute atomic E-state index is 0.0555. The topological polar surface area (TPSA) is 59.3 Å². The van der Waals surface area contributed by atoms with Crippen molar-refractivity contribution in [3.8, 4) is 11.8 Å². The Hall–Kier alpha value is -2.51. The first-order chi connectivity index (χ1) is 12.5. The van der Waals surface area contributed by atoms with Crippen LogP contribution in [0.4, 0.5) is 0 Å². The van der Waals surface area contributed by atoms with E-state index in [1.165, 1.54) is 6.92 Å². The van der Waals surface area contributed by atoms with Gasteiger partial charge in [0.1, 0.15) is 12.4 Å². The first-order valence-electron chi connectivity index (χ1n) is 8.47. The third-order valence-electron chi connectivity index (χ3n) is 5.15. The van der Waals surface area contributed by atoms with Crippen molar-refractivity contribution in [2.24, 2.45) is 5.92 Å². The minimum Gasteiger partial charge on any atom is -0.497 e. The standard InChI is InChI=1S/C21H20ClNO3/c1-14(24)26-13-17(12-23)21(16-3-5-18(22)6-4-16)10-9-15-11-19(25-2)7-8-20(15)21/h3-8,11,17H,9-10,13H2,1-2H3. The van der Waals surface area contributed by atoms with Crippen LogP contribution in [0.3, 0.4) is 0 Å². The number of rotatable bonds is 5. The Bertz CT molecular complexity index is 857. The minimum atomic E-state index is -0.545. The van der Waals surface area contributed by atoms with Crippen LogP contribution in [0.5, 0.6) is 5.75 Å². The smallest absolute Gasteiger partial charge is 0.302 e. The first kappa shape index (κ1) is 18.3. The van der Waals surface area contributed by atoms with Crippen molar-refractivity contribution in [3.05, 3.63) is 64.2 Å². The highest BCUT2D eigenvalue weighted by molar-refractivity contribution is 6.30. The molecule has 5 heteroatoms. The van der Waals surface area contributed by atoms with E-state index < -0.39 is 11.3 Å². The predicted molar refractivity (Wildman–Crippen MR) is 99.3 cm³/mol. The summed E-state index contributed by atoms with van der Waals surface area (Å²) in [5.41, 5.74) is 2.70. The van der Waals surface area contributed by atoms with Crippen molar-refractivity contribution >= 4 is 17.6 Å². The molecule has 0 bridgehead atoms. The summed E-state index contributed by atoms with van der Waals surface area (Å²) in [5, 5.41) is 10.6. The van der Waals surface area contributed by atoms with E-state index in [0.717, 1.165) is 35.3 Å². The van der Waals surface area contributed by atoms with Gasteiger partial charge >= 0.3 is 5.97 Å². The lowest BCUT2D eigenvalue weighted by Gasteiger charge is -2.35. The van der Waals surface area contributed by atoms with Crippen LogP contribution in [-0.4, -0.2) is 19.7 Å². The van der Waals surface area contributed by atoms with Gasteiger partial charge in [0.05, 0.1) is 19.1 Å². The lowest BCUT2D eigenvalue weighted by Crippen LogP contribution is -2.37. The summed E-state index contributed by atoms with van der Waals surface area (Å²) in [6.07, 6.45) is 1.59. The first-order valence-corrected chi connectivity index (χ1v) is 8.85. The molecule has 26 heavy (non-hydrogen) atoms. The van der Waals surface area contributed by atoms with Gasteiger partial charge in [0.2, 0.25) is 0 Å². The number of aryl methyl sites for hydroxylation is 1. The number of esters is 1. The Morgan fingerprint density at radius 2 is 2.04 bits per heavy atom. The van der Waals surface area contributed by atoms with E-state index in [4.69, 9.17) is 21.1 Å². The number of halogens is 1. The third kappa shape index (κ3) is 3.15. The second-order valence-electron chi connectivity index (χ2n) is 6.49. The van der Waals surface area contributed by atoms with Gasteiger partial charge in [-0.2, -0.15) is 5.26 Å². The second kappa shape index (κ2) is 7.39. The Labute approximate surface area is 158 Å². The molecule has 1 aliphatic rings. The quantitative estimate of drug-likeness (QED) is 0.738. The molecule has 2 unspecified atom stereocenters. The highest BCUT2D eigenvalue weighted by Gasteiger charge is 2.47. The van der Waals surface area contributed by atoms with Crippen LogP contribution in [0.15, 0.2) is 42.5 Å². The molecule has 0 spiro atoms. The molecule has 0 heterocycles. The maximum atomic E-state index is 11.3. The SMILES string of the molecule is COc1ccc2c(c1)CCC2(c1ccc(Cl)cc1)C(C#N)COC(C)=O. The van der Waals surface area contributed by atoms with Crippen molar-refractivity contribution in [2.75, 3.05) is 13.7 Å². The summed E-state index contributed by atoms with van der Waals surface area (Å²) in [6.45, 7) is 1.41. The van der Waals surface area contributed by atoms with E-state index in [1.54, 1.807) is 7.11 Å². The Balaban J connectivity index is 2.14. The Morgan fingerprint density at radius 3 is 2.65 bits per heavy atom. The van der Waals surface area contributed by atoms with E-state index >= 15 is 0 Å². The predicted octanol–water partition coefficient (Wildman–Crippen LogP) is 4.28. The zero-order valence-electron chi connectivity index (χ0n) is 14.8. The molecule has 0 aromatic heterocycles. The van der Waals surface area contributed by atoms with Crippen LogP contribution < -0.4 is 4.74 Å². The normalized spacial score (nSPS) is 19.3. The lowest BCUT2D eigenvalue weighted by atomic mass is 9.67. The van der Waals surface area contributed by atoms with Crippen LogP contribution in [0, 0.1) is 17.2 Å². The summed E-state index contributed by atoms with van der Waals surface area (Å²) in [6, 6.07) is 15.9. The largest absolute Gasteiger partial charge is 0.497 e. The maximum Gasteiger partial charge on any atom is 0.302 e. The molecule has 4 nitrogen and oxygen atoms in total. The molecular weight excluding hydrogens is 350 g/mol. The fourth-order valence-electron chi connectivity index (χ4n) is 3.91. The third-order valence-corrected chi connectivity index (χ3v) is 5.40. The number of methoxy groups -OCH3 is 1. The highest BCUT2D eigenvalue weighted by atomic mass is 35.5. The van der Waals surface area contributed by atoms with Gasteiger partial charge in [0, 0.05) is 17.4 Å². The molecule has 2 aromatic rings. The summed E-state index contributed by atoms with van der Waals surface area (Å²) in [5.74, 6) is -0.0872. The number of carbonyl (C=O) groups excluding carboxylic acids is 1. The molecule has 0 aliphatic heterocycles. The average molecular weight is 370 g/mol. The van der Waals surface area contributed by atoms with E-state index in [1.807, 2.05) is 42.5 Å². The van der Waals surface area contributed by atoms with Crippen molar-refractivity contribution in [2.45, 2.75) is 25.2 Å². The molecule has 3 rings (SSSR count). The summed E-state index contributed by atoms with van der Waals surface area (Å²) in [7, 11) is 1.64. The van der Waals surface area contributed by atoms with Crippen molar-refractivity contribution in [3.63, 3.8) is 0 Å². The van der Waals surface area contributed by atoms with Gasteiger partial charge in [-0.3, -0.25) is 4.79 Å². The number of benzene rings is 2. The Kier molecular flexibility index (Phi) is 5.20. The van der Waals surface area contributed by atoms with E-state index in [0.29, 0.717) is 5.02 Å². The van der Waals surface area contributed by atoms with Crippen LogP contribution >= 0.6 is 11.6 Å². The molecule has 134 valence electrons. The molecule has 2 aromatic carbocycles. The van der Waals surface area contributed by atoms with Crippen molar-refractivity contribution in [1.82, 2.24) is 0 Å². The second-order valence-corrected chi connectivity index (χ2v) is 6.92. The summed E-state index contributed by atoms with van der Waals surface area (Å²) >= 11 is 6.07. The number of nitriles is 1. The fourth-order valence-corrected chi connectivity index (χ4v) is 4.03. The number of hydrogen-bond acceptors (Lipinski definition) is 4. The number of nitrogens with zero attached hydrogens (tertiary/aromatic N) is 1. The van der Waals surface area contributed by atoms with E-state index in [-0.39, 0.29) is 12.6 Å². The summed E-state index contributed by atoms with van der Waals surface area (Å²) in [4.78, 5) is 11.3. The number of hydrogen-bond donors (Lipinski definition) is 0. The molecule has 2 atom stereocenters. The van der Waals surface area contributed by atoms with Crippen LogP contribution in [0.25, 0.3) is 0 Å².